The Kier molecular flexibility index (Phi) is 5.27. The highest BCUT2D eigenvalue weighted by atomic mass is 16.3. The van der Waals surface area contributed by atoms with Gasteiger partial charge in [-0.25, -0.2) is 0 Å². The average molecular weight is 193 g/mol. The van der Waals surface area contributed by atoms with Crippen LogP contribution in [0.5, 0.6) is 0 Å². The van der Waals surface area contributed by atoms with Crippen molar-refractivity contribution in [2.24, 2.45) is 0 Å². The number of benzene rings is 1. The van der Waals surface area contributed by atoms with Crippen molar-refractivity contribution in [3.63, 3.8) is 0 Å². The Hall–Kier alpha value is -0.860. The molecule has 0 fully saturated rings. The van der Waals surface area contributed by atoms with Gasteiger partial charge in [0.05, 0.1) is 0 Å². The van der Waals surface area contributed by atoms with Crippen LogP contribution >= 0.6 is 0 Å². The Bertz CT molecular complexity index is 235. The van der Waals surface area contributed by atoms with Crippen molar-refractivity contribution in [1.29, 1.82) is 0 Å². The first-order valence-electron chi connectivity index (χ1n) is 5.21. The van der Waals surface area contributed by atoms with E-state index in [1.807, 2.05) is 6.07 Å². The Morgan fingerprint density at radius 3 is 2.64 bits per heavy atom. The highest BCUT2D eigenvalue weighted by Gasteiger charge is 2.02. The summed E-state index contributed by atoms with van der Waals surface area (Å²) in [6.07, 6.45) is 0.835. The number of hydrogen-bond acceptors (Lipinski definition) is 2. The zero-order valence-electron chi connectivity index (χ0n) is 8.74. The lowest BCUT2D eigenvalue weighted by atomic mass is 10.0. The van der Waals surface area contributed by atoms with Gasteiger partial charge in [-0.3, -0.25) is 0 Å². The number of rotatable bonds is 6. The highest BCUT2D eigenvalue weighted by Crippen LogP contribution is 2.12. The minimum atomic E-state index is 0.271. The fourth-order valence-electron chi connectivity index (χ4n) is 1.42. The van der Waals surface area contributed by atoms with Gasteiger partial charge in [-0.2, -0.15) is 0 Å². The quantitative estimate of drug-likeness (QED) is 0.675. The maximum absolute atomic E-state index is 8.61. The smallest absolute Gasteiger partial charge is 0.0443 e. The van der Waals surface area contributed by atoms with Gasteiger partial charge in [0.25, 0.3) is 0 Å². The Balaban J connectivity index is 2.25. The Labute approximate surface area is 86.0 Å². The molecule has 1 aromatic rings. The Morgan fingerprint density at radius 1 is 1.29 bits per heavy atom. The summed E-state index contributed by atoms with van der Waals surface area (Å²) in [6, 6.07) is 10.5. The van der Waals surface area contributed by atoms with E-state index in [0.717, 1.165) is 19.5 Å². The van der Waals surface area contributed by atoms with Crippen LogP contribution < -0.4 is 5.32 Å². The van der Waals surface area contributed by atoms with Crippen molar-refractivity contribution in [2.45, 2.75) is 19.3 Å². The second-order valence-electron chi connectivity index (χ2n) is 3.59. The monoisotopic (exact) mass is 193 g/mol. The van der Waals surface area contributed by atoms with Crippen LogP contribution in [-0.2, 0) is 0 Å². The minimum Gasteiger partial charge on any atom is -0.396 e. The maximum Gasteiger partial charge on any atom is 0.0443 e. The Morgan fingerprint density at radius 2 is 2.00 bits per heavy atom. The standard InChI is InChI=1S/C12H19NO/c1-11(10-13-8-5-9-14)12-6-3-2-4-7-12/h2-4,6-7,11,13-14H,5,8-10H2,1H3/t11-/m0/s1. The predicted octanol–water partition coefficient (Wildman–Crippen LogP) is 1.76. The molecule has 2 nitrogen and oxygen atoms in total. The van der Waals surface area contributed by atoms with Crippen LogP contribution in [-0.4, -0.2) is 24.8 Å². The molecule has 0 spiro atoms. The molecule has 0 saturated heterocycles. The van der Waals surface area contributed by atoms with E-state index < -0.39 is 0 Å². The molecule has 2 heteroatoms. The minimum absolute atomic E-state index is 0.271. The maximum atomic E-state index is 8.61. The van der Waals surface area contributed by atoms with Crippen molar-refractivity contribution < 1.29 is 5.11 Å². The van der Waals surface area contributed by atoms with Gasteiger partial charge in [-0.1, -0.05) is 37.3 Å². The van der Waals surface area contributed by atoms with Crippen LogP contribution in [0.25, 0.3) is 0 Å². The summed E-state index contributed by atoms with van der Waals surface area (Å²) < 4.78 is 0. The van der Waals surface area contributed by atoms with Crippen molar-refractivity contribution in [1.82, 2.24) is 5.32 Å². The van der Waals surface area contributed by atoms with Crippen LogP contribution in [0.3, 0.4) is 0 Å². The SMILES string of the molecule is C[C@@H](CNCCCO)c1ccccc1. The van der Waals surface area contributed by atoms with Gasteiger partial charge in [0.1, 0.15) is 0 Å². The first-order valence-corrected chi connectivity index (χ1v) is 5.21. The summed E-state index contributed by atoms with van der Waals surface area (Å²) in [5.74, 6) is 0.537. The van der Waals surface area contributed by atoms with Crippen LogP contribution in [0.4, 0.5) is 0 Å². The molecule has 0 unspecified atom stereocenters. The van der Waals surface area contributed by atoms with E-state index in [0.29, 0.717) is 5.92 Å². The summed E-state index contributed by atoms with van der Waals surface area (Å²) in [7, 11) is 0. The second kappa shape index (κ2) is 6.57. The van der Waals surface area contributed by atoms with Crippen molar-refractivity contribution >= 4 is 0 Å². The number of aliphatic hydroxyl groups is 1. The number of hydrogen-bond donors (Lipinski definition) is 2. The molecule has 0 aliphatic carbocycles. The molecule has 14 heavy (non-hydrogen) atoms. The van der Waals surface area contributed by atoms with E-state index in [4.69, 9.17) is 5.11 Å². The third-order valence-electron chi connectivity index (χ3n) is 2.33. The third-order valence-corrected chi connectivity index (χ3v) is 2.33. The third kappa shape index (κ3) is 3.90. The van der Waals surface area contributed by atoms with E-state index in [1.165, 1.54) is 5.56 Å². The number of nitrogens with one attached hydrogen (secondary N) is 1. The van der Waals surface area contributed by atoms with Gasteiger partial charge in [0.15, 0.2) is 0 Å². The van der Waals surface area contributed by atoms with Crippen LogP contribution in [0.2, 0.25) is 0 Å². The highest BCUT2D eigenvalue weighted by molar-refractivity contribution is 5.18. The van der Waals surface area contributed by atoms with E-state index in [-0.39, 0.29) is 6.61 Å². The fourth-order valence-corrected chi connectivity index (χ4v) is 1.42. The summed E-state index contributed by atoms with van der Waals surface area (Å²) in [4.78, 5) is 0. The van der Waals surface area contributed by atoms with Gasteiger partial charge < -0.3 is 10.4 Å². The first-order chi connectivity index (χ1) is 6.84. The summed E-state index contributed by atoms with van der Waals surface area (Å²) in [5, 5.41) is 11.9. The topological polar surface area (TPSA) is 32.3 Å². The molecule has 0 saturated carbocycles. The zero-order valence-corrected chi connectivity index (χ0v) is 8.74. The van der Waals surface area contributed by atoms with Crippen molar-refractivity contribution in [2.75, 3.05) is 19.7 Å². The first kappa shape index (κ1) is 11.2. The second-order valence-corrected chi connectivity index (χ2v) is 3.59. The molecule has 0 amide bonds. The molecule has 1 atom stereocenters. The molecule has 0 bridgehead atoms. The predicted molar refractivity (Wildman–Crippen MR) is 59.4 cm³/mol. The number of aliphatic hydroxyl groups excluding tert-OH is 1. The van der Waals surface area contributed by atoms with Gasteiger partial charge in [0.2, 0.25) is 0 Å². The van der Waals surface area contributed by atoms with Crippen LogP contribution in [0.1, 0.15) is 24.8 Å². The van der Waals surface area contributed by atoms with Crippen LogP contribution in [0.15, 0.2) is 30.3 Å². The lowest BCUT2D eigenvalue weighted by molar-refractivity contribution is 0.286. The normalized spacial score (nSPS) is 12.7. The van der Waals surface area contributed by atoms with E-state index >= 15 is 0 Å². The van der Waals surface area contributed by atoms with Crippen molar-refractivity contribution in [3.8, 4) is 0 Å². The molecular weight excluding hydrogens is 174 g/mol. The average Bonchev–Trinajstić information content (AvgIpc) is 2.25. The van der Waals surface area contributed by atoms with E-state index in [1.54, 1.807) is 0 Å². The zero-order chi connectivity index (χ0) is 10.2. The molecule has 0 aliphatic rings. The fraction of sp³-hybridized carbons (Fsp3) is 0.500. The van der Waals surface area contributed by atoms with Gasteiger partial charge in [0, 0.05) is 13.2 Å². The molecule has 0 radical (unpaired) electrons. The van der Waals surface area contributed by atoms with Crippen LogP contribution in [0, 0.1) is 0 Å². The molecule has 2 N–H and O–H groups in total. The molecule has 1 rings (SSSR count). The summed E-state index contributed by atoms with van der Waals surface area (Å²) in [5.41, 5.74) is 1.36. The molecule has 78 valence electrons. The lowest BCUT2D eigenvalue weighted by Gasteiger charge is -2.12. The molecule has 0 aromatic heterocycles. The molecular formula is C12H19NO. The van der Waals surface area contributed by atoms with E-state index in [2.05, 4.69) is 36.5 Å². The molecule has 0 heterocycles. The summed E-state index contributed by atoms with van der Waals surface area (Å²) >= 11 is 0. The van der Waals surface area contributed by atoms with Gasteiger partial charge in [-0.15, -0.1) is 0 Å². The van der Waals surface area contributed by atoms with Crippen molar-refractivity contribution in [3.05, 3.63) is 35.9 Å². The van der Waals surface area contributed by atoms with Gasteiger partial charge in [-0.05, 0) is 24.4 Å². The van der Waals surface area contributed by atoms with Gasteiger partial charge >= 0.3 is 0 Å². The molecule has 0 aliphatic heterocycles. The summed E-state index contributed by atoms with van der Waals surface area (Å²) in [6.45, 7) is 4.35. The van der Waals surface area contributed by atoms with E-state index in [9.17, 15) is 0 Å². The molecule has 1 aromatic carbocycles. The lowest BCUT2D eigenvalue weighted by Crippen LogP contribution is -2.21. The largest absolute Gasteiger partial charge is 0.396 e.